The van der Waals surface area contributed by atoms with Crippen molar-refractivity contribution >= 4 is 40.6 Å². The summed E-state index contributed by atoms with van der Waals surface area (Å²) in [6, 6.07) is 25.4. The number of nitrogens with one attached hydrogen (secondary N) is 2. The Labute approximate surface area is 180 Å². The summed E-state index contributed by atoms with van der Waals surface area (Å²) in [4.78, 5) is 28.6. The average Bonchev–Trinajstić information content (AvgIpc) is 3.20. The van der Waals surface area contributed by atoms with E-state index in [9.17, 15) is 9.59 Å². The highest BCUT2D eigenvalue weighted by Gasteiger charge is 2.23. The highest BCUT2D eigenvalue weighted by molar-refractivity contribution is 7.99. The Morgan fingerprint density at radius 2 is 1.60 bits per heavy atom. The molecule has 0 aliphatic carbocycles. The highest BCUT2D eigenvalue weighted by Crippen LogP contribution is 2.33. The van der Waals surface area contributed by atoms with Crippen LogP contribution in [0, 0.1) is 0 Å². The van der Waals surface area contributed by atoms with Crippen molar-refractivity contribution in [1.29, 1.82) is 0 Å². The summed E-state index contributed by atoms with van der Waals surface area (Å²) >= 11 is 1.61. The monoisotopic (exact) mass is 417 g/mol. The van der Waals surface area contributed by atoms with Gasteiger partial charge >= 0.3 is 0 Å². The van der Waals surface area contributed by atoms with Crippen molar-refractivity contribution in [2.45, 2.75) is 22.6 Å². The quantitative estimate of drug-likeness (QED) is 0.567. The predicted molar refractivity (Wildman–Crippen MR) is 122 cm³/mol. The van der Waals surface area contributed by atoms with E-state index in [1.54, 1.807) is 16.7 Å². The molecule has 0 unspecified atom stereocenters. The molecule has 4 rings (SSSR count). The second-order valence-electron chi connectivity index (χ2n) is 6.98. The Hall–Kier alpha value is -3.25. The molecule has 1 heterocycles. The van der Waals surface area contributed by atoms with Crippen LogP contribution in [0.4, 0.5) is 17.1 Å². The van der Waals surface area contributed by atoms with Gasteiger partial charge in [-0.3, -0.25) is 9.59 Å². The van der Waals surface area contributed by atoms with Crippen LogP contribution in [0.5, 0.6) is 0 Å². The van der Waals surface area contributed by atoms with Gasteiger partial charge in [0.05, 0.1) is 23.6 Å². The highest BCUT2D eigenvalue weighted by atomic mass is 32.2. The number of benzene rings is 3. The number of hydrogen-bond donors (Lipinski definition) is 2. The summed E-state index contributed by atoms with van der Waals surface area (Å²) in [6.07, 6.45) is 1.44. The maximum Gasteiger partial charge on any atom is 0.243 e. The SMILES string of the molecule is O=C(CNc1ccccc1N1CCCC1=O)Nc1ccccc1Sc1ccccc1. The van der Waals surface area contributed by atoms with E-state index >= 15 is 0 Å². The van der Waals surface area contributed by atoms with Gasteiger partial charge in [-0.15, -0.1) is 0 Å². The maximum atomic E-state index is 12.6. The van der Waals surface area contributed by atoms with Crippen molar-refractivity contribution in [3.8, 4) is 0 Å². The van der Waals surface area contributed by atoms with Crippen molar-refractivity contribution in [1.82, 2.24) is 0 Å². The number of nitrogens with zero attached hydrogens (tertiary/aromatic N) is 1. The summed E-state index contributed by atoms with van der Waals surface area (Å²) in [7, 11) is 0. The number of anilines is 3. The molecule has 2 amide bonds. The topological polar surface area (TPSA) is 61.4 Å². The minimum absolute atomic E-state index is 0.114. The molecule has 152 valence electrons. The van der Waals surface area contributed by atoms with Gasteiger partial charge in [0.2, 0.25) is 11.8 Å². The molecule has 0 spiro atoms. The van der Waals surface area contributed by atoms with Crippen LogP contribution >= 0.6 is 11.8 Å². The fourth-order valence-corrected chi connectivity index (χ4v) is 4.33. The molecule has 0 bridgehead atoms. The van der Waals surface area contributed by atoms with E-state index < -0.39 is 0 Å². The molecule has 3 aromatic carbocycles. The summed E-state index contributed by atoms with van der Waals surface area (Å²) in [5.41, 5.74) is 2.39. The van der Waals surface area contributed by atoms with E-state index in [2.05, 4.69) is 10.6 Å². The van der Waals surface area contributed by atoms with Gasteiger partial charge in [0, 0.05) is 22.8 Å². The molecule has 0 saturated carbocycles. The van der Waals surface area contributed by atoms with E-state index in [1.807, 2.05) is 78.9 Å². The van der Waals surface area contributed by atoms with E-state index in [0.717, 1.165) is 33.3 Å². The molecule has 3 aromatic rings. The van der Waals surface area contributed by atoms with Gasteiger partial charge in [0.25, 0.3) is 0 Å². The van der Waals surface area contributed by atoms with Crippen LogP contribution in [-0.2, 0) is 9.59 Å². The van der Waals surface area contributed by atoms with Crippen LogP contribution in [0.3, 0.4) is 0 Å². The molecule has 0 radical (unpaired) electrons. The van der Waals surface area contributed by atoms with Gasteiger partial charge in [-0.2, -0.15) is 0 Å². The van der Waals surface area contributed by atoms with E-state index in [0.29, 0.717) is 13.0 Å². The molecule has 1 aliphatic heterocycles. The van der Waals surface area contributed by atoms with Crippen LogP contribution in [0.25, 0.3) is 0 Å². The third kappa shape index (κ3) is 4.83. The number of carbonyl (C=O) groups excluding carboxylic acids is 2. The summed E-state index contributed by atoms with van der Waals surface area (Å²) in [5.74, 6) is -0.0146. The van der Waals surface area contributed by atoms with Gasteiger partial charge in [-0.05, 0) is 42.8 Å². The van der Waals surface area contributed by atoms with Gasteiger partial charge in [-0.25, -0.2) is 0 Å². The van der Waals surface area contributed by atoms with Crippen molar-refractivity contribution in [2.24, 2.45) is 0 Å². The lowest BCUT2D eigenvalue weighted by atomic mass is 10.2. The normalized spacial score (nSPS) is 13.3. The third-order valence-corrected chi connectivity index (χ3v) is 5.92. The summed E-state index contributed by atoms with van der Waals surface area (Å²) in [5, 5.41) is 6.18. The van der Waals surface area contributed by atoms with E-state index in [1.165, 1.54) is 0 Å². The molecule has 0 atom stereocenters. The van der Waals surface area contributed by atoms with Gasteiger partial charge < -0.3 is 15.5 Å². The number of carbonyl (C=O) groups is 2. The van der Waals surface area contributed by atoms with Crippen LogP contribution in [0.15, 0.2) is 88.7 Å². The number of para-hydroxylation sites is 3. The molecule has 1 fully saturated rings. The first-order valence-electron chi connectivity index (χ1n) is 9.96. The molecule has 30 heavy (non-hydrogen) atoms. The average molecular weight is 418 g/mol. The molecule has 0 aromatic heterocycles. The summed E-state index contributed by atoms with van der Waals surface area (Å²) in [6.45, 7) is 0.831. The lowest BCUT2D eigenvalue weighted by molar-refractivity contribution is -0.117. The minimum Gasteiger partial charge on any atom is -0.374 e. The van der Waals surface area contributed by atoms with Crippen LogP contribution < -0.4 is 15.5 Å². The van der Waals surface area contributed by atoms with Gasteiger partial charge in [0.15, 0.2) is 0 Å². The Balaban J connectivity index is 1.41. The zero-order valence-electron chi connectivity index (χ0n) is 16.5. The Morgan fingerprint density at radius 3 is 2.37 bits per heavy atom. The molecule has 2 N–H and O–H groups in total. The number of amides is 2. The second kappa shape index (κ2) is 9.50. The Morgan fingerprint density at radius 1 is 0.900 bits per heavy atom. The first kappa shape index (κ1) is 20.0. The molecule has 1 saturated heterocycles. The third-order valence-electron chi connectivity index (χ3n) is 4.84. The van der Waals surface area contributed by atoms with Crippen LogP contribution in [0.1, 0.15) is 12.8 Å². The van der Waals surface area contributed by atoms with Crippen molar-refractivity contribution < 1.29 is 9.59 Å². The van der Waals surface area contributed by atoms with Crippen molar-refractivity contribution in [2.75, 3.05) is 28.6 Å². The largest absolute Gasteiger partial charge is 0.374 e. The molecular weight excluding hydrogens is 394 g/mol. The zero-order chi connectivity index (χ0) is 20.8. The predicted octanol–water partition coefficient (Wildman–Crippen LogP) is 5.02. The van der Waals surface area contributed by atoms with E-state index in [4.69, 9.17) is 0 Å². The first-order chi connectivity index (χ1) is 14.7. The van der Waals surface area contributed by atoms with E-state index in [-0.39, 0.29) is 18.4 Å². The fraction of sp³-hybridized carbons (Fsp3) is 0.167. The van der Waals surface area contributed by atoms with Gasteiger partial charge in [-0.1, -0.05) is 54.2 Å². The molecule has 5 nitrogen and oxygen atoms in total. The fourth-order valence-electron chi connectivity index (χ4n) is 3.41. The molecule has 1 aliphatic rings. The zero-order valence-corrected chi connectivity index (χ0v) is 17.3. The van der Waals surface area contributed by atoms with Crippen molar-refractivity contribution in [3.05, 3.63) is 78.9 Å². The van der Waals surface area contributed by atoms with Crippen LogP contribution in [0.2, 0.25) is 0 Å². The number of hydrogen-bond acceptors (Lipinski definition) is 4. The second-order valence-corrected chi connectivity index (χ2v) is 8.09. The maximum absolute atomic E-state index is 12.6. The standard InChI is InChI=1S/C24H23N3O2S/c28-23(17-25-19-11-4-6-13-21(19)27-16-8-15-24(27)29)26-20-12-5-7-14-22(20)30-18-9-2-1-3-10-18/h1-7,9-14,25H,8,15-17H2,(H,26,28). The Kier molecular flexibility index (Phi) is 6.35. The van der Waals surface area contributed by atoms with Crippen LogP contribution in [-0.4, -0.2) is 24.9 Å². The smallest absolute Gasteiger partial charge is 0.243 e. The molecule has 6 heteroatoms. The Bertz CT molecular complexity index is 1040. The lowest BCUT2D eigenvalue weighted by Crippen LogP contribution is -2.26. The number of rotatable bonds is 7. The first-order valence-corrected chi connectivity index (χ1v) is 10.8. The lowest BCUT2D eigenvalue weighted by Gasteiger charge is -2.20. The molecular formula is C24H23N3O2S. The van der Waals surface area contributed by atoms with Gasteiger partial charge in [0.1, 0.15) is 0 Å². The minimum atomic E-state index is -0.140. The van der Waals surface area contributed by atoms with Crippen molar-refractivity contribution in [3.63, 3.8) is 0 Å². The summed E-state index contributed by atoms with van der Waals surface area (Å²) < 4.78 is 0.